The molecule has 188 valence electrons. The number of aryl methyl sites for hydroxylation is 4. The summed E-state index contributed by atoms with van der Waals surface area (Å²) in [5.41, 5.74) is 10.3. The van der Waals surface area contributed by atoms with Gasteiger partial charge in [0, 0.05) is 12.7 Å². The summed E-state index contributed by atoms with van der Waals surface area (Å²) in [7, 11) is 1.91. The number of hydrogen-bond donors (Lipinski definition) is 1. The highest BCUT2D eigenvalue weighted by molar-refractivity contribution is 5.62. The first-order chi connectivity index (χ1) is 15.7. The third-order valence-electron chi connectivity index (χ3n) is 4.98. The Balaban J connectivity index is -0.000000439. The lowest BCUT2D eigenvalue weighted by molar-refractivity contribution is 0.527. The molecule has 1 nitrogen and oxygen atoms in total. The molecule has 0 bridgehead atoms. The van der Waals surface area contributed by atoms with Crippen LogP contribution in [-0.2, 0) is 6.42 Å². The Kier molecular flexibility index (Phi) is 24.4. The monoisotopic (exact) mass is 457 g/mol. The van der Waals surface area contributed by atoms with E-state index in [2.05, 4.69) is 83.4 Å². The van der Waals surface area contributed by atoms with Crippen LogP contribution in [0.3, 0.4) is 0 Å². The third kappa shape index (κ3) is 15.2. The average Bonchev–Trinajstić information content (AvgIpc) is 2.84. The molecule has 0 amide bonds. The van der Waals surface area contributed by atoms with Crippen molar-refractivity contribution in [3.05, 3.63) is 82.4 Å². The van der Waals surface area contributed by atoms with Gasteiger partial charge >= 0.3 is 0 Å². The number of benzene rings is 2. The van der Waals surface area contributed by atoms with Gasteiger partial charge in [0.2, 0.25) is 0 Å². The summed E-state index contributed by atoms with van der Waals surface area (Å²) < 4.78 is 10.3. The Labute approximate surface area is 206 Å². The summed E-state index contributed by atoms with van der Waals surface area (Å²) in [6.45, 7) is 27.8. The van der Waals surface area contributed by atoms with Crippen LogP contribution in [0.1, 0.15) is 93.3 Å². The van der Waals surface area contributed by atoms with Crippen LogP contribution in [0.25, 0.3) is 11.8 Å². The van der Waals surface area contributed by atoms with Gasteiger partial charge in [-0.25, -0.2) is 0 Å². The molecular formula is C31H52FN. The molecule has 0 heterocycles. The highest BCUT2D eigenvalue weighted by Gasteiger charge is 2.02. The van der Waals surface area contributed by atoms with E-state index in [1.807, 2.05) is 40.8 Å². The fourth-order valence-electron chi connectivity index (χ4n) is 2.83. The van der Waals surface area contributed by atoms with Crippen molar-refractivity contribution in [2.24, 2.45) is 0 Å². The smallest absolute Gasteiger partial charge is 0.0866 e. The van der Waals surface area contributed by atoms with Crippen molar-refractivity contribution >= 4 is 11.8 Å². The van der Waals surface area contributed by atoms with Gasteiger partial charge in [0.1, 0.15) is 0 Å². The van der Waals surface area contributed by atoms with Gasteiger partial charge in [-0.2, -0.15) is 0 Å². The molecule has 0 fully saturated rings. The lowest BCUT2D eigenvalue weighted by atomic mass is 9.99. The zero-order valence-electron chi connectivity index (χ0n) is 23.6. The predicted molar refractivity (Wildman–Crippen MR) is 153 cm³/mol. The number of nitrogens with one attached hydrogen (secondary N) is 1. The quantitative estimate of drug-likeness (QED) is 0.455. The van der Waals surface area contributed by atoms with Crippen molar-refractivity contribution in [1.29, 1.82) is 0 Å². The fourth-order valence-corrected chi connectivity index (χ4v) is 2.83. The maximum atomic E-state index is 10.3. The van der Waals surface area contributed by atoms with E-state index >= 15 is 0 Å². The zero-order chi connectivity index (χ0) is 26.4. The van der Waals surface area contributed by atoms with E-state index in [0.717, 1.165) is 5.70 Å². The molecule has 0 aromatic heterocycles. The van der Waals surface area contributed by atoms with Crippen LogP contribution in [0.2, 0.25) is 0 Å². The summed E-state index contributed by atoms with van der Waals surface area (Å²) in [6.07, 6.45) is 5.57. The second-order valence-corrected chi connectivity index (χ2v) is 7.22. The fraction of sp³-hybridized carbons (Fsp3) is 0.484. The number of alkyl halides is 1. The Morgan fingerprint density at radius 2 is 1.39 bits per heavy atom. The van der Waals surface area contributed by atoms with Crippen molar-refractivity contribution in [2.45, 2.75) is 88.5 Å². The van der Waals surface area contributed by atoms with Crippen LogP contribution in [-0.4, -0.2) is 13.7 Å². The molecular weight excluding hydrogens is 405 g/mol. The molecule has 2 heteroatoms. The van der Waals surface area contributed by atoms with E-state index in [9.17, 15) is 4.39 Å². The molecule has 2 rings (SSSR count). The van der Waals surface area contributed by atoms with Gasteiger partial charge in [0.25, 0.3) is 0 Å². The maximum Gasteiger partial charge on any atom is 0.0866 e. The first-order valence-electron chi connectivity index (χ1n) is 12.5. The standard InChI is InChI=1S/C14H21N.C11H14.C2H5F.2C2H6/c1-5-6-7-13-10-14(12(3)15-4)9-8-11(13)2;1-5-11-6-8(2)10(4)9(3)7-11;1-2-3;2*1-2/h8-10,15H,3,5-7H2,1-2,4H3;5-7H,1H2,2-4H3;2H2,1H3;2*1-2H3. The highest BCUT2D eigenvalue weighted by atomic mass is 19.1. The van der Waals surface area contributed by atoms with E-state index in [1.165, 1.54) is 65.1 Å². The third-order valence-corrected chi connectivity index (χ3v) is 4.98. The summed E-state index contributed by atoms with van der Waals surface area (Å²) in [4.78, 5) is 0. The molecule has 0 spiro atoms. The second-order valence-electron chi connectivity index (χ2n) is 7.22. The minimum Gasteiger partial charge on any atom is -0.388 e. The topological polar surface area (TPSA) is 12.0 Å². The number of halogens is 1. The van der Waals surface area contributed by atoms with Crippen molar-refractivity contribution in [3.63, 3.8) is 0 Å². The Hall–Kier alpha value is -2.35. The summed E-state index contributed by atoms with van der Waals surface area (Å²) in [6, 6.07) is 10.9. The minimum atomic E-state index is -0.250. The Morgan fingerprint density at radius 3 is 1.79 bits per heavy atom. The summed E-state index contributed by atoms with van der Waals surface area (Å²) in [5, 5.41) is 3.09. The van der Waals surface area contributed by atoms with Crippen molar-refractivity contribution < 1.29 is 4.39 Å². The lowest BCUT2D eigenvalue weighted by Gasteiger charge is -2.10. The second kappa shape index (κ2) is 22.8. The molecule has 2 aromatic rings. The summed E-state index contributed by atoms with van der Waals surface area (Å²) >= 11 is 0. The van der Waals surface area contributed by atoms with Gasteiger partial charge in [-0.1, -0.05) is 84.5 Å². The molecule has 33 heavy (non-hydrogen) atoms. The van der Waals surface area contributed by atoms with Gasteiger partial charge < -0.3 is 5.32 Å². The normalized spacial score (nSPS) is 8.73. The van der Waals surface area contributed by atoms with Crippen LogP contribution in [0.15, 0.2) is 43.5 Å². The van der Waals surface area contributed by atoms with Gasteiger partial charge in [0.05, 0.1) is 6.67 Å². The molecule has 0 aliphatic carbocycles. The van der Waals surface area contributed by atoms with E-state index in [0.29, 0.717) is 0 Å². The van der Waals surface area contributed by atoms with E-state index in [-0.39, 0.29) is 6.67 Å². The van der Waals surface area contributed by atoms with Gasteiger partial charge in [-0.05, 0) is 92.5 Å². The van der Waals surface area contributed by atoms with Crippen LogP contribution in [0.5, 0.6) is 0 Å². The largest absolute Gasteiger partial charge is 0.388 e. The predicted octanol–water partition coefficient (Wildman–Crippen LogP) is 9.81. The zero-order valence-corrected chi connectivity index (χ0v) is 23.6. The highest BCUT2D eigenvalue weighted by Crippen LogP contribution is 2.18. The summed E-state index contributed by atoms with van der Waals surface area (Å²) in [5.74, 6) is 0. The number of hydrogen-bond acceptors (Lipinski definition) is 1. The van der Waals surface area contributed by atoms with Crippen molar-refractivity contribution in [1.82, 2.24) is 5.32 Å². The van der Waals surface area contributed by atoms with E-state index < -0.39 is 0 Å². The molecule has 0 atom stereocenters. The van der Waals surface area contributed by atoms with Gasteiger partial charge in [0.15, 0.2) is 0 Å². The minimum absolute atomic E-state index is 0.250. The van der Waals surface area contributed by atoms with Crippen molar-refractivity contribution in [2.75, 3.05) is 13.7 Å². The van der Waals surface area contributed by atoms with Gasteiger partial charge in [-0.3, -0.25) is 4.39 Å². The molecule has 0 unspecified atom stereocenters. The molecule has 0 radical (unpaired) electrons. The van der Waals surface area contributed by atoms with Crippen LogP contribution in [0, 0.1) is 27.7 Å². The maximum absolute atomic E-state index is 10.3. The molecule has 0 aliphatic rings. The van der Waals surface area contributed by atoms with E-state index in [4.69, 9.17) is 0 Å². The lowest BCUT2D eigenvalue weighted by Crippen LogP contribution is -2.03. The first kappa shape index (κ1) is 35.2. The van der Waals surface area contributed by atoms with Crippen LogP contribution in [0.4, 0.5) is 4.39 Å². The first-order valence-corrected chi connectivity index (χ1v) is 12.5. The van der Waals surface area contributed by atoms with Crippen LogP contribution >= 0.6 is 0 Å². The Morgan fingerprint density at radius 1 is 0.909 bits per heavy atom. The molecule has 0 saturated heterocycles. The molecule has 1 N–H and O–H groups in total. The molecule has 2 aromatic carbocycles. The number of unbranched alkanes of at least 4 members (excludes halogenated alkanes) is 1. The van der Waals surface area contributed by atoms with Gasteiger partial charge in [-0.15, -0.1) is 0 Å². The average molecular weight is 458 g/mol. The SMILES string of the molecule is C=C(NC)c1ccc(C)c(CCCC)c1.C=Cc1cc(C)c(C)c(C)c1.CC.CC.CCF. The Bertz CT molecular complexity index is 751. The van der Waals surface area contributed by atoms with Crippen LogP contribution < -0.4 is 5.32 Å². The molecule has 0 saturated carbocycles. The van der Waals surface area contributed by atoms with Crippen molar-refractivity contribution in [3.8, 4) is 0 Å². The van der Waals surface area contributed by atoms with E-state index in [1.54, 1.807) is 0 Å². The molecule has 0 aliphatic heterocycles. The number of rotatable bonds is 6.